The molecule has 0 aliphatic carbocycles. The Labute approximate surface area is 180 Å². The Morgan fingerprint density at radius 1 is 1.16 bits per heavy atom. The van der Waals surface area contributed by atoms with Crippen molar-refractivity contribution in [3.63, 3.8) is 0 Å². The van der Waals surface area contributed by atoms with Gasteiger partial charge in [0.1, 0.15) is 5.82 Å². The number of amides is 1. The number of likely N-dealkylation sites (N-methyl/N-ethyl adjacent to an activating group) is 1. The molecule has 0 N–H and O–H groups in total. The van der Waals surface area contributed by atoms with E-state index in [1.54, 1.807) is 36.2 Å². The monoisotopic (exact) mass is 436 g/mol. The third-order valence-corrected chi connectivity index (χ3v) is 5.83. The van der Waals surface area contributed by atoms with E-state index in [2.05, 4.69) is 4.90 Å². The first-order valence-electron chi connectivity index (χ1n) is 10.6. The van der Waals surface area contributed by atoms with Crippen molar-refractivity contribution in [3.05, 3.63) is 71.0 Å². The third-order valence-electron chi connectivity index (χ3n) is 5.83. The largest absolute Gasteiger partial charge is 0.416 e. The van der Waals surface area contributed by atoms with E-state index in [-0.39, 0.29) is 18.1 Å². The lowest BCUT2D eigenvalue weighted by Gasteiger charge is -2.34. The highest BCUT2D eigenvalue weighted by Gasteiger charge is 2.30. The molecule has 1 saturated heterocycles. The van der Waals surface area contributed by atoms with Crippen LogP contribution in [-0.2, 0) is 23.8 Å². The fraction of sp³-hybridized carbons (Fsp3) is 0.458. The van der Waals surface area contributed by atoms with Crippen LogP contribution in [0.1, 0.15) is 29.5 Å². The second kappa shape index (κ2) is 10.3. The molecule has 1 amide bonds. The number of piperidine rings is 1. The van der Waals surface area contributed by atoms with Crippen molar-refractivity contribution in [2.75, 3.05) is 33.2 Å². The van der Waals surface area contributed by atoms with E-state index >= 15 is 0 Å². The topological polar surface area (TPSA) is 23.6 Å². The van der Waals surface area contributed by atoms with Gasteiger partial charge in [-0.15, -0.1) is 0 Å². The van der Waals surface area contributed by atoms with Crippen molar-refractivity contribution in [1.82, 2.24) is 9.80 Å². The van der Waals surface area contributed by atoms with Gasteiger partial charge in [0.2, 0.25) is 5.91 Å². The average molecular weight is 436 g/mol. The number of likely N-dealkylation sites (tertiary alicyclic amines) is 1. The molecular weight excluding hydrogens is 408 g/mol. The fourth-order valence-electron chi connectivity index (χ4n) is 4.12. The van der Waals surface area contributed by atoms with Crippen LogP contribution in [0.4, 0.5) is 17.6 Å². The minimum Gasteiger partial charge on any atom is -0.345 e. The van der Waals surface area contributed by atoms with Gasteiger partial charge in [-0.3, -0.25) is 4.79 Å². The minimum absolute atomic E-state index is 0.0369. The molecule has 1 heterocycles. The Hall–Kier alpha value is -2.41. The summed E-state index contributed by atoms with van der Waals surface area (Å²) in [4.78, 5) is 16.4. The molecule has 0 aromatic heterocycles. The van der Waals surface area contributed by atoms with Gasteiger partial charge in [-0.2, -0.15) is 13.2 Å². The third kappa shape index (κ3) is 6.79. The maximum absolute atomic E-state index is 13.8. The molecule has 3 rings (SSSR count). The summed E-state index contributed by atoms with van der Waals surface area (Å²) in [7, 11) is 1.74. The number of carbonyl (C=O) groups is 1. The van der Waals surface area contributed by atoms with E-state index in [0.29, 0.717) is 36.6 Å². The SMILES string of the molecule is CN(C[C@H]1CCCN(CCc2cccc(C(F)(F)F)c2)C1)C(=O)Cc1ccccc1F. The second-order valence-corrected chi connectivity index (χ2v) is 8.30. The van der Waals surface area contributed by atoms with Crippen LogP contribution in [-0.4, -0.2) is 48.9 Å². The molecule has 7 heteroatoms. The maximum Gasteiger partial charge on any atom is 0.416 e. The van der Waals surface area contributed by atoms with Crippen LogP contribution in [0.5, 0.6) is 0 Å². The molecule has 1 fully saturated rings. The van der Waals surface area contributed by atoms with Gasteiger partial charge in [-0.25, -0.2) is 4.39 Å². The zero-order valence-electron chi connectivity index (χ0n) is 17.7. The molecule has 0 saturated carbocycles. The summed E-state index contributed by atoms with van der Waals surface area (Å²) in [6.45, 7) is 2.98. The summed E-state index contributed by atoms with van der Waals surface area (Å²) < 4.78 is 52.5. The number of halogens is 4. The van der Waals surface area contributed by atoms with E-state index in [0.717, 1.165) is 32.0 Å². The first-order valence-corrected chi connectivity index (χ1v) is 10.6. The molecule has 3 nitrogen and oxygen atoms in total. The molecule has 0 bridgehead atoms. The second-order valence-electron chi connectivity index (χ2n) is 8.30. The van der Waals surface area contributed by atoms with Gasteiger partial charge in [0.15, 0.2) is 0 Å². The molecule has 0 spiro atoms. The van der Waals surface area contributed by atoms with Gasteiger partial charge in [0.05, 0.1) is 12.0 Å². The average Bonchev–Trinajstić information content (AvgIpc) is 2.74. The van der Waals surface area contributed by atoms with Gasteiger partial charge in [-0.05, 0) is 55.0 Å². The Kier molecular flexibility index (Phi) is 7.70. The molecule has 168 valence electrons. The van der Waals surface area contributed by atoms with E-state index < -0.39 is 11.7 Å². The first kappa shape index (κ1) is 23.3. The Bertz CT molecular complexity index is 884. The molecule has 2 aromatic rings. The van der Waals surface area contributed by atoms with E-state index in [1.165, 1.54) is 18.2 Å². The highest BCUT2D eigenvalue weighted by atomic mass is 19.4. The van der Waals surface area contributed by atoms with Gasteiger partial charge in [-0.1, -0.05) is 36.4 Å². The number of alkyl halides is 3. The molecular formula is C24H28F4N2O. The summed E-state index contributed by atoms with van der Waals surface area (Å²) in [5.41, 5.74) is 0.455. The summed E-state index contributed by atoms with van der Waals surface area (Å²) in [5, 5.41) is 0. The van der Waals surface area contributed by atoms with Crippen LogP contribution in [0, 0.1) is 11.7 Å². The number of hydrogen-bond donors (Lipinski definition) is 0. The van der Waals surface area contributed by atoms with Crippen molar-refractivity contribution in [3.8, 4) is 0 Å². The van der Waals surface area contributed by atoms with Crippen LogP contribution in [0.2, 0.25) is 0 Å². The first-order chi connectivity index (χ1) is 14.7. The zero-order chi connectivity index (χ0) is 22.4. The molecule has 1 atom stereocenters. The van der Waals surface area contributed by atoms with Crippen LogP contribution in [0.3, 0.4) is 0 Å². The molecule has 0 radical (unpaired) electrons. The molecule has 1 aliphatic rings. The number of nitrogens with zero attached hydrogens (tertiary/aromatic N) is 2. The zero-order valence-corrected chi connectivity index (χ0v) is 17.7. The Balaban J connectivity index is 1.49. The van der Waals surface area contributed by atoms with Gasteiger partial charge in [0, 0.05) is 26.7 Å². The number of hydrogen-bond acceptors (Lipinski definition) is 2. The van der Waals surface area contributed by atoms with Crippen molar-refractivity contribution in [2.45, 2.75) is 31.9 Å². The van der Waals surface area contributed by atoms with E-state index in [9.17, 15) is 22.4 Å². The number of carbonyl (C=O) groups excluding carboxylic acids is 1. The lowest BCUT2D eigenvalue weighted by molar-refractivity contribution is -0.137. The standard InChI is InChI=1S/C24H28F4N2O/c1-29(23(31)15-20-8-2-3-10-22(20)25)16-19-7-5-12-30(17-19)13-11-18-6-4-9-21(14-18)24(26,27)28/h2-4,6,8-10,14,19H,5,7,11-13,15-17H2,1H3/t19-/m1/s1. The van der Waals surface area contributed by atoms with Crippen molar-refractivity contribution in [2.24, 2.45) is 5.92 Å². The summed E-state index contributed by atoms with van der Waals surface area (Å²) in [6, 6.07) is 11.8. The minimum atomic E-state index is -4.33. The van der Waals surface area contributed by atoms with Crippen LogP contribution >= 0.6 is 0 Å². The number of rotatable bonds is 7. The van der Waals surface area contributed by atoms with E-state index in [4.69, 9.17) is 0 Å². The quantitative estimate of drug-likeness (QED) is 0.582. The number of benzene rings is 2. The maximum atomic E-state index is 13.8. The lowest BCUT2D eigenvalue weighted by atomic mass is 9.96. The molecule has 1 aliphatic heterocycles. The normalized spacial score (nSPS) is 17.5. The Morgan fingerprint density at radius 2 is 1.94 bits per heavy atom. The summed E-state index contributed by atoms with van der Waals surface area (Å²) in [5.74, 6) is -0.196. The van der Waals surface area contributed by atoms with Gasteiger partial charge < -0.3 is 9.80 Å². The fourth-order valence-corrected chi connectivity index (χ4v) is 4.12. The van der Waals surface area contributed by atoms with Crippen molar-refractivity contribution in [1.29, 1.82) is 0 Å². The molecule has 2 aromatic carbocycles. The van der Waals surface area contributed by atoms with Crippen molar-refractivity contribution >= 4 is 5.91 Å². The van der Waals surface area contributed by atoms with Gasteiger partial charge >= 0.3 is 6.18 Å². The van der Waals surface area contributed by atoms with Crippen LogP contribution in [0.15, 0.2) is 48.5 Å². The Morgan fingerprint density at radius 3 is 2.68 bits per heavy atom. The summed E-state index contributed by atoms with van der Waals surface area (Å²) >= 11 is 0. The smallest absolute Gasteiger partial charge is 0.345 e. The lowest BCUT2D eigenvalue weighted by Crippen LogP contribution is -2.42. The molecule has 31 heavy (non-hydrogen) atoms. The predicted molar refractivity (Wildman–Crippen MR) is 112 cm³/mol. The highest BCUT2D eigenvalue weighted by Crippen LogP contribution is 2.29. The van der Waals surface area contributed by atoms with Crippen LogP contribution in [0.25, 0.3) is 0 Å². The summed E-state index contributed by atoms with van der Waals surface area (Å²) in [6.07, 6.45) is -1.75. The van der Waals surface area contributed by atoms with Crippen molar-refractivity contribution < 1.29 is 22.4 Å². The highest BCUT2D eigenvalue weighted by molar-refractivity contribution is 5.78. The predicted octanol–water partition coefficient (Wildman–Crippen LogP) is 4.80. The van der Waals surface area contributed by atoms with E-state index in [1.807, 2.05) is 0 Å². The molecule has 0 unspecified atom stereocenters. The van der Waals surface area contributed by atoms with Gasteiger partial charge in [0.25, 0.3) is 0 Å². The van der Waals surface area contributed by atoms with Crippen LogP contribution < -0.4 is 0 Å².